The number of piperidine rings is 1. The zero-order valence-corrected chi connectivity index (χ0v) is 16.2. The molecule has 0 spiro atoms. The Bertz CT molecular complexity index is 987. The fraction of sp³-hybridized carbons (Fsp3) is 0.471. The first-order valence-corrected chi connectivity index (χ1v) is 9.87. The average molecular weight is 413 g/mol. The maximum atomic E-state index is 13.1. The van der Waals surface area contributed by atoms with Gasteiger partial charge in [0, 0.05) is 13.6 Å². The summed E-state index contributed by atoms with van der Waals surface area (Å²) in [7, 11) is 1.30. The fourth-order valence-electron chi connectivity index (χ4n) is 3.47. The number of thiazole rings is 1. The number of nitrogens with zero attached hydrogens (tertiary/aromatic N) is 5. The van der Waals surface area contributed by atoms with Crippen LogP contribution in [0.1, 0.15) is 36.1 Å². The van der Waals surface area contributed by atoms with Gasteiger partial charge in [-0.25, -0.2) is 9.67 Å². The Morgan fingerprint density at radius 1 is 1.26 bits per heavy atom. The van der Waals surface area contributed by atoms with Crippen molar-refractivity contribution >= 4 is 33.8 Å². The van der Waals surface area contributed by atoms with E-state index in [1.54, 1.807) is 11.3 Å². The number of aromatic nitrogens is 4. The zero-order chi connectivity index (χ0) is 19.2. The van der Waals surface area contributed by atoms with Crippen molar-refractivity contribution < 1.29 is 13.2 Å². The van der Waals surface area contributed by atoms with Crippen molar-refractivity contribution in [3.05, 3.63) is 39.9 Å². The predicted molar refractivity (Wildman–Crippen MR) is 100.0 cm³/mol. The van der Waals surface area contributed by atoms with Gasteiger partial charge in [0.1, 0.15) is 5.01 Å². The van der Waals surface area contributed by atoms with Crippen molar-refractivity contribution in [3.8, 4) is 0 Å². The highest BCUT2D eigenvalue weighted by atomic mass is 32.1. The quantitative estimate of drug-likeness (QED) is 0.580. The first-order valence-electron chi connectivity index (χ1n) is 8.65. The van der Waals surface area contributed by atoms with E-state index in [4.69, 9.17) is 17.2 Å². The smallest absolute Gasteiger partial charge is 0.299 e. The topological polar surface area (TPSA) is 38.9 Å². The van der Waals surface area contributed by atoms with Crippen LogP contribution >= 0.6 is 23.6 Å². The maximum absolute atomic E-state index is 13.1. The van der Waals surface area contributed by atoms with E-state index in [0.717, 1.165) is 45.6 Å². The van der Waals surface area contributed by atoms with Crippen molar-refractivity contribution in [3.63, 3.8) is 0 Å². The number of fused-ring (bicyclic) bond motifs is 1. The summed E-state index contributed by atoms with van der Waals surface area (Å²) < 4.78 is 42.7. The van der Waals surface area contributed by atoms with Gasteiger partial charge in [-0.05, 0) is 37.2 Å². The number of likely N-dealkylation sites (tertiary alicyclic amines) is 1. The van der Waals surface area contributed by atoms with E-state index in [2.05, 4.69) is 10.00 Å². The van der Waals surface area contributed by atoms with Crippen LogP contribution in [0.3, 0.4) is 0 Å². The molecule has 1 aromatic carbocycles. The summed E-state index contributed by atoms with van der Waals surface area (Å²) in [5.74, 6) is -0.971. The molecule has 1 aliphatic heterocycles. The molecule has 10 heteroatoms. The molecule has 1 atom stereocenters. The molecule has 2 aromatic heterocycles. The average Bonchev–Trinajstić information content (AvgIpc) is 3.18. The Morgan fingerprint density at radius 3 is 2.74 bits per heavy atom. The molecule has 5 nitrogen and oxygen atoms in total. The fourth-order valence-corrected chi connectivity index (χ4v) is 4.79. The maximum Gasteiger partial charge on any atom is 0.451 e. The number of halogens is 3. The Labute approximate surface area is 163 Å². The molecule has 4 rings (SSSR count). The van der Waals surface area contributed by atoms with Crippen molar-refractivity contribution in [1.82, 2.24) is 24.2 Å². The van der Waals surface area contributed by atoms with E-state index in [1.165, 1.54) is 11.7 Å². The second-order valence-electron chi connectivity index (χ2n) is 6.65. The molecule has 27 heavy (non-hydrogen) atoms. The second kappa shape index (κ2) is 6.99. The molecule has 0 radical (unpaired) electrons. The molecule has 1 fully saturated rings. The van der Waals surface area contributed by atoms with Crippen LogP contribution in [0.5, 0.6) is 0 Å². The zero-order valence-electron chi connectivity index (χ0n) is 14.6. The van der Waals surface area contributed by atoms with Gasteiger partial charge >= 0.3 is 6.18 Å². The number of benzene rings is 1. The molecule has 0 unspecified atom stereocenters. The monoisotopic (exact) mass is 413 g/mol. The first-order chi connectivity index (χ1) is 12.8. The predicted octanol–water partition coefficient (Wildman–Crippen LogP) is 4.76. The molecule has 0 aliphatic carbocycles. The minimum Gasteiger partial charge on any atom is -0.299 e. The van der Waals surface area contributed by atoms with Crippen LogP contribution in [0.15, 0.2) is 24.3 Å². The Balaban J connectivity index is 1.65. The summed E-state index contributed by atoms with van der Waals surface area (Å²) in [6, 6.07) is 8.01. The highest BCUT2D eigenvalue weighted by Crippen LogP contribution is 2.36. The van der Waals surface area contributed by atoms with E-state index < -0.39 is 12.0 Å². The third-order valence-corrected chi connectivity index (χ3v) is 6.44. The number of para-hydroxylation sites is 1. The summed E-state index contributed by atoms with van der Waals surface area (Å²) in [4.78, 5) is 6.88. The summed E-state index contributed by atoms with van der Waals surface area (Å²) in [6.07, 6.45) is -1.54. The van der Waals surface area contributed by atoms with Crippen LogP contribution in [0.2, 0.25) is 0 Å². The lowest BCUT2D eigenvalue weighted by Crippen LogP contribution is -2.35. The molecule has 0 bridgehead atoms. The van der Waals surface area contributed by atoms with Crippen LogP contribution in [0.25, 0.3) is 10.2 Å². The summed E-state index contributed by atoms with van der Waals surface area (Å²) in [5.41, 5.74) is 0.955. The van der Waals surface area contributed by atoms with Crippen molar-refractivity contribution in [2.24, 2.45) is 7.05 Å². The van der Waals surface area contributed by atoms with Gasteiger partial charge in [-0.1, -0.05) is 18.6 Å². The number of hydrogen-bond donors (Lipinski definition) is 0. The molecule has 1 aliphatic rings. The Morgan fingerprint density at radius 2 is 2.04 bits per heavy atom. The summed E-state index contributed by atoms with van der Waals surface area (Å²) in [5, 5.41) is 4.73. The highest BCUT2D eigenvalue weighted by molar-refractivity contribution is 7.71. The van der Waals surface area contributed by atoms with Gasteiger partial charge in [0.15, 0.2) is 4.77 Å². The normalized spacial score (nSPS) is 19.0. The molecule has 144 valence electrons. The van der Waals surface area contributed by atoms with Gasteiger partial charge in [-0.3, -0.25) is 9.47 Å². The number of alkyl halides is 3. The first kappa shape index (κ1) is 18.6. The second-order valence-corrected chi connectivity index (χ2v) is 8.08. The SMILES string of the molecule is Cn1c(C(F)(F)F)nn(CN2CCCC[C@H]2c2nc3ccccc3s2)c1=S. The van der Waals surface area contributed by atoms with E-state index in [0.29, 0.717) is 0 Å². The van der Waals surface area contributed by atoms with Gasteiger partial charge in [-0.2, -0.15) is 13.2 Å². The third-order valence-electron chi connectivity index (χ3n) is 4.82. The van der Waals surface area contributed by atoms with Crippen LogP contribution in [-0.2, 0) is 19.9 Å². The van der Waals surface area contributed by atoms with Gasteiger partial charge < -0.3 is 0 Å². The minimum atomic E-state index is -4.53. The van der Waals surface area contributed by atoms with Crippen LogP contribution in [0, 0.1) is 4.77 Å². The van der Waals surface area contributed by atoms with Gasteiger partial charge in [0.05, 0.1) is 22.9 Å². The van der Waals surface area contributed by atoms with Gasteiger partial charge in [0.25, 0.3) is 0 Å². The molecule has 1 saturated heterocycles. The Kier molecular flexibility index (Phi) is 4.81. The number of rotatable bonds is 3. The van der Waals surface area contributed by atoms with Crippen molar-refractivity contribution in [2.45, 2.75) is 38.1 Å². The highest BCUT2D eigenvalue weighted by Gasteiger charge is 2.38. The summed E-state index contributed by atoms with van der Waals surface area (Å²) in [6.45, 7) is 1.00. The minimum absolute atomic E-state index is 0.0643. The van der Waals surface area contributed by atoms with Crippen LogP contribution in [-0.4, -0.2) is 30.8 Å². The molecule has 0 amide bonds. The molecule has 3 aromatic rings. The largest absolute Gasteiger partial charge is 0.451 e. The van der Waals surface area contributed by atoms with Crippen molar-refractivity contribution in [1.29, 1.82) is 0 Å². The van der Waals surface area contributed by atoms with Crippen LogP contribution in [0.4, 0.5) is 13.2 Å². The van der Waals surface area contributed by atoms with Crippen molar-refractivity contribution in [2.75, 3.05) is 6.54 Å². The lowest BCUT2D eigenvalue weighted by atomic mass is 10.0. The standard InChI is InChI=1S/C17H18F3N5S2/c1-23-15(17(18,19)20)22-25(16(23)26)10-24-9-5-4-7-12(24)14-21-11-6-2-3-8-13(11)27-14/h2-3,6,8,12H,4-5,7,9-10H2,1H3/t12-/m0/s1. The van der Waals surface area contributed by atoms with Gasteiger partial charge in [-0.15, -0.1) is 16.4 Å². The lowest BCUT2D eigenvalue weighted by Gasteiger charge is -2.34. The van der Waals surface area contributed by atoms with E-state index >= 15 is 0 Å². The third kappa shape index (κ3) is 3.53. The lowest BCUT2D eigenvalue weighted by molar-refractivity contribution is -0.147. The molecule has 0 N–H and O–H groups in total. The summed E-state index contributed by atoms with van der Waals surface area (Å²) >= 11 is 6.82. The van der Waals surface area contributed by atoms with Gasteiger partial charge in [0.2, 0.25) is 5.82 Å². The molecular weight excluding hydrogens is 395 g/mol. The molecule has 3 heterocycles. The molecule has 0 saturated carbocycles. The molecular formula is C17H18F3N5S2. The number of hydrogen-bond acceptors (Lipinski definition) is 5. The Hall–Kier alpha value is -1.78. The van der Waals surface area contributed by atoms with E-state index in [1.807, 2.05) is 24.3 Å². The van der Waals surface area contributed by atoms with E-state index in [9.17, 15) is 13.2 Å². The van der Waals surface area contributed by atoms with E-state index in [-0.39, 0.29) is 17.5 Å². The van der Waals surface area contributed by atoms with Crippen LogP contribution < -0.4 is 0 Å².